The van der Waals surface area contributed by atoms with Crippen LogP contribution in [0.2, 0.25) is 0 Å². The molecule has 4 rings (SSSR count). The Hall–Kier alpha value is -2.70. The normalized spacial score (nSPS) is 18.5. The summed E-state index contributed by atoms with van der Waals surface area (Å²) in [5.41, 5.74) is 1.95. The standard InChI is InChI=1S/C16H18N6O/c1-12-14(15-18-5-3-8-22(15)19-12)16(23)20-7-2-4-13(10-20)21-9-6-17-11-21/h3,5-6,8-9,11,13H,2,4,7,10H2,1H3/t13-/m1/s1. The Bertz CT molecular complexity index is 838. The number of aryl methyl sites for hydroxylation is 1. The summed E-state index contributed by atoms with van der Waals surface area (Å²) in [6, 6.07) is 2.09. The maximum Gasteiger partial charge on any atom is 0.259 e. The lowest BCUT2D eigenvalue weighted by atomic mass is 10.0. The molecule has 4 heterocycles. The molecule has 1 amide bonds. The third-order valence-corrected chi connectivity index (χ3v) is 4.41. The Morgan fingerprint density at radius 1 is 1.30 bits per heavy atom. The topological polar surface area (TPSA) is 68.3 Å². The molecule has 0 N–H and O–H groups in total. The van der Waals surface area contributed by atoms with Crippen LogP contribution in [-0.4, -0.2) is 48.0 Å². The van der Waals surface area contributed by atoms with Gasteiger partial charge < -0.3 is 9.47 Å². The Balaban J connectivity index is 1.64. The second-order valence-corrected chi connectivity index (χ2v) is 5.91. The number of carbonyl (C=O) groups excluding carboxylic acids is 1. The van der Waals surface area contributed by atoms with Gasteiger partial charge >= 0.3 is 0 Å². The lowest BCUT2D eigenvalue weighted by Crippen LogP contribution is -2.40. The van der Waals surface area contributed by atoms with Crippen molar-refractivity contribution in [2.24, 2.45) is 0 Å². The van der Waals surface area contributed by atoms with Gasteiger partial charge in [0.25, 0.3) is 5.91 Å². The number of imidazole rings is 1. The van der Waals surface area contributed by atoms with Crippen LogP contribution in [0.15, 0.2) is 37.2 Å². The molecule has 1 saturated heterocycles. The van der Waals surface area contributed by atoms with Gasteiger partial charge in [0, 0.05) is 37.9 Å². The van der Waals surface area contributed by atoms with Crippen molar-refractivity contribution in [3.8, 4) is 0 Å². The lowest BCUT2D eigenvalue weighted by Gasteiger charge is -2.33. The van der Waals surface area contributed by atoms with E-state index in [0.29, 0.717) is 17.8 Å². The minimum Gasteiger partial charge on any atom is -0.336 e. The highest BCUT2D eigenvalue weighted by Gasteiger charge is 2.28. The van der Waals surface area contributed by atoms with Crippen molar-refractivity contribution >= 4 is 11.6 Å². The molecule has 3 aromatic heterocycles. The van der Waals surface area contributed by atoms with E-state index in [1.165, 1.54) is 0 Å². The molecule has 0 aliphatic carbocycles. The fraction of sp³-hybridized carbons (Fsp3) is 0.375. The van der Waals surface area contributed by atoms with Crippen LogP contribution in [0.3, 0.4) is 0 Å². The number of piperidine rings is 1. The maximum atomic E-state index is 13.0. The molecule has 0 unspecified atom stereocenters. The number of carbonyl (C=O) groups is 1. The number of hydrogen-bond acceptors (Lipinski definition) is 4. The van der Waals surface area contributed by atoms with Gasteiger partial charge in [-0.1, -0.05) is 0 Å². The monoisotopic (exact) mass is 310 g/mol. The Kier molecular flexibility index (Phi) is 3.33. The van der Waals surface area contributed by atoms with Crippen molar-refractivity contribution in [2.45, 2.75) is 25.8 Å². The fourth-order valence-electron chi connectivity index (χ4n) is 3.27. The summed E-state index contributed by atoms with van der Waals surface area (Å²) in [6.45, 7) is 3.33. The average molecular weight is 310 g/mol. The van der Waals surface area contributed by atoms with Crippen LogP contribution in [0.5, 0.6) is 0 Å². The van der Waals surface area contributed by atoms with Gasteiger partial charge in [-0.25, -0.2) is 14.5 Å². The molecule has 1 aliphatic heterocycles. The van der Waals surface area contributed by atoms with Crippen LogP contribution >= 0.6 is 0 Å². The van der Waals surface area contributed by atoms with Gasteiger partial charge in [0.2, 0.25) is 0 Å². The lowest BCUT2D eigenvalue weighted by molar-refractivity contribution is 0.0680. The van der Waals surface area contributed by atoms with E-state index in [1.54, 1.807) is 16.9 Å². The van der Waals surface area contributed by atoms with Crippen molar-refractivity contribution in [3.63, 3.8) is 0 Å². The quantitative estimate of drug-likeness (QED) is 0.722. The van der Waals surface area contributed by atoms with Crippen molar-refractivity contribution in [1.82, 2.24) is 29.0 Å². The molecule has 7 heteroatoms. The predicted molar refractivity (Wildman–Crippen MR) is 84.1 cm³/mol. The third kappa shape index (κ3) is 2.38. The molecule has 23 heavy (non-hydrogen) atoms. The van der Waals surface area contributed by atoms with Gasteiger partial charge in [-0.3, -0.25) is 4.79 Å². The molecule has 0 radical (unpaired) electrons. The number of aromatic nitrogens is 5. The summed E-state index contributed by atoms with van der Waals surface area (Å²) in [6.07, 6.45) is 11.1. The molecule has 1 aliphatic rings. The smallest absolute Gasteiger partial charge is 0.259 e. The molecular formula is C16H18N6O. The summed E-state index contributed by atoms with van der Waals surface area (Å²) in [4.78, 5) is 23.4. The van der Waals surface area contributed by atoms with Gasteiger partial charge in [0.1, 0.15) is 5.56 Å². The second kappa shape index (κ2) is 5.49. The molecule has 7 nitrogen and oxygen atoms in total. The molecule has 3 aromatic rings. The molecule has 1 fully saturated rings. The first-order valence-electron chi connectivity index (χ1n) is 7.80. The van der Waals surface area contributed by atoms with Gasteiger partial charge in [0.05, 0.1) is 18.1 Å². The highest BCUT2D eigenvalue weighted by molar-refractivity contribution is 6.01. The van der Waals surface area contributed by atoms with E-state index in [1.807, 2.05) is 36.6 Å². The van der Waals surface area contributed by atoms with Crippen LogP contribution < -0.4 is 0 Å². The van der Waals surface area contributed by atoms with Crippen molar-refractivity contribution in [2.75, 3.05) is 13.1 Å². The first kappa shape index (κ1) is 13.9. The zero-order valence-corrected chi connectivity index (χ0v) is 13.0. The molecule has 1 atom stereocenters. The summed E-state index contributed by atoms with van der Waals surface area (Å²) < 4.78 is 3.75. The van der Waals surface area contributed by atoms with Crippen molar-refractivity contribution in [3.05, 3.63) is 48.4 Å². The van der Waals surface area contributed by atoms with E-state index >= 15 is 0 Å². The number of nitrogens with zero attached hydrogens (tertiary/aromatic N) is 6. The molecule has 0 spiro atoms. The Morgan fingerprint density at radius 2 is 2.22 bits per heavy atom. The van der Waals surface area contributed by atoms with Crippen molar-refractivity contribution in [1.29, 1.82) is 0 Å². The van der Waals surface area contributed by atoms with Crippen LogP contribution in [0.4, 0.5) is 0 Å². The van der Waals surface area contributed by atoms with E-state index in [-0.39, 0.29) is 11.9 Å². The van der Waals surface area contributed by atoms with E-state index in [2.05, 4.69) is 19.6 Å². The van der Waals surface area contributed by atoms with Crippen LogP contribution in [0.1, 0.15) is 34.9 Å². The van der Waals surface area contributed by atoms with Gasteiger partial charge in [-0.15, -0.1) is 0 Å². The number of fused-ring (bicyclic) bond motifs is 1. The molecule has 0 saturated carbocycles. The zero-order valence-electron chi connectivity index (χ0n) is 13.0. The van der Waals surface area contributed by atoms with Crippen LogP contribution in [0.25, 0.3) is 5.65 Å². The van der Waals surface area contributed by atoms with E-state index in [0.717, 1.165) is 25.1 Å². The molecule has 0 aromatic carbocycles. The minimum atomic E-state index is 0.0148. The van der Waals surface area contributed by atoms with E-state index in [4.69, 9.17) is 0 Å². The zero-order chi connectivity index (χ0) is 15.8. The van der Waals surface area contributed by atoms with Gasteiger partial charge in [-0.2, -0.15) is 5.10 Å². The third-order valence-electron chi connectivity index (χ3n) is 4.41. The van der Waals surface area contributed by atoms with Crippen LogP contribution in [-0.2, 0) is 0 Å². The molecule has 0 bridgehead atoms. The fourth-order valence-corrected chi connectivity index (χ4v) is 3.27. The molecule has 118 valence electrons. The number of rotatable bonds is 2. The van der Waals surface area contributed by atoms with Crippen molar-refractivity contribution < 1.29 is 4.79 Å². The first-order chi connectivity index (χ1) is 11.2. The second-order valence-electron chi connectivity index (χ2n) is 5.91. The first-order valence-corrected chi connectivity index (χ1v) is 7.80. The highest BCUT2D eigenvalue weighted by Crippen LogP contribution is 2.24. The number of hydrogen-bond donors (Lipinski definition) is 0. The number of likely N-dealkylation sites (tertiary alicyclic amines) is 1. The molecular weight excluding hydrogens is 292 g/mol. The highest BCUT2D eigenvalue weighted by atomic mass is 16.2. The Labute approximate surface area is 133 Å². The summed E-state index contributed by atoms with van der Waals surface area (Å²) >= 11 is 0. The van der Waals surface area contributed by atoms with E-state index in [9.17, 15) is 4.79 Å². The maximum absolute atomic E-state index is 13.0. The predicted octanol–water partition coefficient (Wildman–Crippen LogP) is 1.71. The van der Waals surface area contributed by atoms with Gasteiger partial charge in [0.15, 0.2) is 5.65 Å². The summed E-state index contributed by atoms with van der Waals surface area (Å²) in [5, 5.41) is 4.39. The Morgan fingerprint density at radius 3 is 3.04 bits per heavy atom. The number of amides is 1. The minimum absolute atomic E-state index is 0.0148. The SMILES string of the molecule is Cc1nn2cccnc2c1C(=O)N1CCC[C@@H](n2ccnc2)C1. The van der Waals surface area contributed by atoms with Crippen LogP contribution in [0, 0.1) is 6.92 Å². The summed E-state index contributed by atoms with van der Waals surface area (Å²) in [5.74, 6) is 0.0148. The average Bonchev–Trinajstić information content (AvgIpc) is 3.21. The summed E-state index contributed by atoms with van der Waals surface area (Å²) in [7, 11) is 0. The van der Waals surface area contributed by atoms with Gasteiger partial charge in [-0.05, 0) is 25.8 Å². The van der Waals surface area contributed by atoms with E-state index < -0.39 is 0 Å². The largest absolute Gasteiger partial charge is 0.336 e.